The second kappa shape index (κ2) is 13.1. The van der Waals surface area contributed by atoms with Crippen LogP contribution in [-0.4, -0.2) is 70.4 Å². The molecule has 12 nitrogen and oxygen atoms in total. The first-order valence-electron chi connectivity index (χ1n) is 13.3. The summed E-state index contributed by atoms with van der Waals surface area (Å²) in [6.45, 7) is 0.904. The molecule has 1 aliphatic rings. The largest absolute Gasteiger partial charge is 0.497 e. The Balaban J connectivity index is 1.40. The second-order valence-electron chi connectivity index (χ2n) is 9.54. The fourth-order valence-electron chi connectivity index (χ4n) is 4.62. The zero-order chi connectivity index (χ0) is 28.6. The molecule has 1 saturated heterocycles. The van der Waals surface area contributed by atoms with Crippen molar-refractivity contribution in [3.8, 4) is 22.9 Å². The van der Waals surface area contributed by atoms with Crippen LogP contribution < -0.4 is 14.8 Å². The molecule has 4 aromatic rings. The molecular weight excluding hydrogens is 528 g/mol. The summed E-state index contributed by atoms with van der Waals surface area (Å²) >= 11 is 0. The smallest absolute Gasteiger partial charge is 0.250 e. The van der Waals surface area contributed by atoms with Gasteiger partial charge in [-0.3, -0.25) is 9.59 Å². The van der Waals surface area contributed by atoms with Crippen molar-refractivity contribution in [3.05, 3.63) is 78.3 Å². The molecule has 0 spiro atoms. The van der Waals surface area contributed by atoms with Gasteiger partial charge in [0.2, 0.25) is 11.7 Å². The van der Waals surface area contributed by atoms with Crippen molar-refractivity contribution in [2.24, 2.45) is 0 Å². The summed E-state index contributed by atoms with van der Waals surface area (Å²) in [4.78, 5) is 30.2. The minimum absolute atomic E-state index is 0.0577. The summed E-state index contributed by atoms with van der Waals surface area (Å²) in [5, 5.41) is 15.5. The third kappa shape index (κ3) is 6.90. The van der Waals surface area contributed by atoms with E-state index in [0.29, 0.717) is 36.2 Å². The summed E-state index contributed by atoms with van der Waals surface area (Å²) in [6.07, 6.45) is 3.24. The molecule has 0 unspecified atom stereocenters. The number of tetrazole rings is 1. The van der Waals surface area contributed by atoms with Gasteiger partial charge < -0.3 is 28.8 Å². The Bertz CT molecular complexity index is 1420. The standard InChI is InChI=1S/C29H32N6O6/c1-38-22-11-7-20(8-12-22)18-34(27(25-6-4-16-41-25)29(37)30-17-24-5-3-15-40-24)26(36)19-35-32-28(31-33-35)21-9-13-23(39-2)14-10-21/h4,6-14,16,24,27H,3,5,15,17-19H2,1-2H3,(H,30,37)/t24-,27-/m1/s1. The summed E-state index contributed by atoms with van der Waals surface area (Å²) in [6, 6.07) is 16.8. The molecule has 12 heteroatoms. The average molecular weight is 561 g/mol. The number of nitrogens with one attached hydrogen (secondary N) is 1. The summed E-state index contributed by atoms with van der Waals surface area (Å²) < 4.78 is 21.8. The van der Waals surface area contributed by atoms with Crippen LogP contribution in [0.5, 0.6) is 11.5 Å². The number of hydrogen-bond acceptors (Lipinski definition) is 9. The zero-order valence-corrected chi connectivity index (χ0v) is 22.9. The van der Waals surface area contributed by atoms with E-state index in [4.69, 9.17) is 18.6 Å². The number of aromatic nitrogens is 4. The second-order valence-corrected chi connectivity index (χ2v) is 9.54. The van der Waals surface area contributed by atoms with E-state index in [2.05, 4.69) is 20.7 Å². The number of rotatable bonds is 12. The Hall–Kier alpha value is -4.71. The molecule has 1 fully saturated rings. The van der Waals surface area contributed by atoms with E-state index in [0.717, 1.165) is 24.0 Å². The van der Waals surface area contributed by atoms with Gasteiger partial charge in [-0.2, -0.15) is 4.80 Å². The van der Waals surface area contributed by atoms with Crippen LogP contribution in [0.2, 0.25) is 0 Å². The van der Waals surface area contributed by atoms with Crippen molar-refractivity contribution in [1.82, 2.24) is 30.4 Å². The van der Waals surface area contributed by atoms with Crippen LogP contribution in [0, 0.1) is 0 Å². The maximum absolute atomic E-state index is 13.9. The lowest BCUT2D eigenvalue weighted by Crippen LogP contribution is -2.46. The molecule has 2 amide bonds. The molecule has 41 heavy (non-hydrogen) atoms. The van der Waals surface area contributed by atoms with Crippen molar-refractivity contribution in [2.45, 2.75) is 38.1 Å². The Morgan fingerprint density at radius 1 is 1.07 bits per heavy atom. The van der Waals surface area contributed by atoms with Crippen LogP contribution in [-0.2, 0) is 27.4 Å². The molecule has 2 aromatic heterocycles. The number of benzene rings is 2. The van der Waals surface area contributed by atoms with Crippen LogP contribution >= 0.6 is 0 Å². The number of methoxy groups -OCH3 is 2. The summed E-state index contributed by atoms with van der Waals surface area (Å²) in [5.41, 5.74) is 1.52. The Kier molecular flexibility index (Phi) is 8.89. The van der Waals surface area contributed by atoms with Crippen LogP contribution in [0.15, 0.2) is 71.3 Å². The minimum Gasteiger partial charge on any atom is -0.497 e. The van der Waals surface area contributed by atoms with E-state index in [9.17, 15) is 9.59 Å². The Morgan fingerprint density at radius 2 is 1.80 bits per heavy atom. The number of amides is 2. The molecule has 0 radical (unpaired) electrons. The first-order valence-corrected chi connectivity index (χ1v) is 13.3. The van der Waals surface area contributed by atoms with E-state index in [-0.39, 0.29) is 25.1 Å². The monoisotopic (exact) mass is 560 g/mol. The quantitative estimate of drug-likeness (QED) is 0.277. The lowest BCUT2D eigenvalue weighted by Gasteiger charge is -2.30. The predicted molar refractivity (Wildman–Crippen MR) is 147 cm³/mol. The van der Waals surface area contributed by atoms with Crippen LogP contribution in [0.3, 0.4) is 0 Å². The van der Waals surface area contributed by atoms with Gasteiger partial charge >= 0.3 is 0 Å². The van der Waals surface area contributed by atoms with E-state index in [1.165, 1.54) is 16.0 Å². The van der Waals surface area contributed by atoms with Crippen molar-refractivity contribution >= 4 is 11.8 Å². The van der Waals surface area contributed by atoms with Crippen LogP contribution in [0.1, 0.15) is 30.2 Å². The normalized spacial score (nSPS) is 15.3. The van der Waals surface area contributed by atoms with Crippen molar-refractivity contribution < 1.29 is 28.2 Å². The summed E-state index contributed by atoms with van der Waals surface area (Å²) in [5.74, 6) is 1.31. The number of ether oxygens (including phenoxy) is 3. The Morgan fingerprint density at radius 3 is 2.44 bits per heavy atom. The molecule has 3 heterocycles. The minimum atomic E-state index is -1.04. The summed E-state index contributed by atoms with van der Waals surface area (Å²) in [7, 11) is 3.17. The van der Waals surface area contributed by atoms with Gasteiger partial charge in [0.05, 0.1) is 26.6 Å². The molecule has 1 N–H and O–H groups in total. The maximum atomic E-state index is 13.9. The predicted octanol–water partition coefficient (Wildman–Crippen LogP) is 3.02. The first kappa shape index (κ1) is 27.8. The lowest BCUT2D eigenvalue weighted by molar-refractivity contribution is -0.143. The van der Waals surface area contributed by atoms with E-state index < -0.39 is 11.9 Å². The lowest BCUT2D eigenvalue weighted by atomic mass is 10.1. The Labute approximate surface area is 237 Å². The molecule has 2 aromatic carbocycles. The highest BCUT2D eigenvalue weighted by molar-refractivity contribution is 5.88. The van der Waals surface area contributed by atoms with E-state index in [1.54, 1.807) is 50.6 Å². The van der Waals surface area contributed by atoms with Crippen molar-refractivity contribution in [3.63, 3.8) is 0 Å². The third-order valence-corrected chi connectivity index (χ3v) is 6.81. The van der Waals surface area contributed by atoms with E-state index in [1.807, 2.05) is 24.3 Å². The van der Waals surface area contributed by atoms with Gasteiger partial charge in [-0.25, -0.2) is 0 Å². The molecule has 1 aliphatic heterocycles. The van der Waals surface area contributed by atoms with Crippen LogP contribution in [0.4, 0.5) is 0 Å². The number of carbonyl (C=O) groups excluding carboxylic acids is 2. The number of furan rings is 1. The highest BCUT2D eigenvalue weighted by atomic mass is 16.5. The topological polar surface area (TPSA) is 134 Å². The van der Waals surface area contributed by atoms with Gasteiger partial charge in [-0.1, -0.05) is 12.1 Å². The number of carbonyl (C=O) groups is 2. The van der Waals surface area contributed by atoms with E-state index >= 15 is 0 Å². The highest BCUT2D eigenvalue weighted by Gasteiger charge is 2.34. The molecule has 214 valence electrons. The maximum Gasteiger partial charge on any atom is 0.250 e. The molecule has 0 bridgehead atoms. The SMILES string of the molecule is COc1ccc(CN(C(=O)Cn2nnc(-c3ccc(OC)cc3)n2)[C@@H](C(=O)NC[C@H]2CCCO2)c2ccco2)cc1. The molecular formula is C29H32N6O6. The zero-order valence-electron chi connectivity index (χ0n) is 22.9. The first-order chi connectivity index (χ1) is 20.0. The molecule has 2 atom stereocenters. The molecule has 0 aliphatic carbocycles. The van der Waals surface area contributed by atoms with Gasteiger partial charge in [0.1, 0.15) is 23.8 Å². The third-order valence-electron chi connectivity index (χ3n) is 6.81. The number of hydrogen-bond donors (Lipinski definition) is 1. The molecule has 0 saturated carbocycles. The van der Waals surface area contributed by atoms with Crippen molar-refractivity contribution in [2.75, 3.05) is 27.4 Å². The van der Waals surface area contributed by atoms with Crippen LogP contribution in [0.25, 0.3) is 11.4 Å². The highest BCUT2D eigenvalue weighted by Crippen LogP contribution is 2.26. The van der Waals surface area contributed by atoms with Gasteiger partial charge in [-0.15, -0.1) is 10.2 Å². The van der Waals surface area contributed by atoms with Gasteiger partial charge in [0.15, 0.2) is 6.04 Å². The van der Waals surface area contributed by atoms with Gasteiger partial charge in [-0.05, 0) is 72.1 Å². The van der Waals surface area contributed by atoms with Gasteiger partial charge in [0, 0.05) is 25.3 Å². The number of nitrogens with zero attached hydrogens (tertiary/aromatic N) is 5. The fraction of sp³-hybridized carbons (Fsp3) is 0.345. The van der Waals surface area contributed by atoms with Gasteiger partial charge in [0.25, 0.3) is 5.91 Å². The van der Waals surface area contributed by atoms with Crippen molar-refractivity contribution in [1.29, 1.82) is 0 Å². The fourth-order valence-corrected chi connectivity index (χ4v) is 4.62. The average Bonchev–Trinajstić information content (AvgIpc) is 3.80. The molecule has 5 rings (SSSR count).